The first-order valence-electron chi connectivity index (χ1n) is 8.06. The van der Waals surface area contributed by atoms with E-state index in [-0.39, 0.29) is 25.7 Å². The van der Waals surface area contributed by atoms with Gasteiger partial charge < -0.3 is 0 Å². The van der Waals surface area contributed by atoms with Crippen LogP contribution in [0.15, 0.2) is 51.2 Å². The largest absolute Gasteiger partial charge is 0.488 e. The van der Waals surface area contributed by atoms with Gasteiger partial charge in [-0.25, -0.2) is 18.0 Å². The minimum absolute atomic E-state index is 0.00153. The van der Waals surface area contributed by atoms with E-state index in [1.165, 1.54) is 12.1 Å². The van der Waals surface area contributed by atoms with Crippen LogP contribution in [-0.2, 0) is 21.2 Å². The fraction of sp³-hybridized carbons (Fsp3) is 0.250. The minimum Gasteiger partial charge on any atom is -0.266 e. The van der Waals surface area contributed by atoms with Gasteiger partial charge in [0, 0.05) is 6.20 Å². The predicted molar refractivity (Wildman–Crippen MR) is 101 cm³/mol. The molecule has 29 heavy (non-hydrogen) atoms. The highest BCUT2D eigenvalue weighted by atomic mass is 35.5. The van der Waals surface area contributed by atoms with Crippen molar-refractivity contribution in [2.45, 2.75) is 24.5 Å². The lowest BCUT2D eigenvalue weighted by molar-refractivity contribution is -0.230. The molecule has 1 amide bonds. The number of aliphatic imine (C=N–C) groups is 1. The zero-order chi connectivity index (χ0) is 21.6. The summed E-state index contributed by atoms with van der Waals surface area (Å²) in [7, 11) is -4.34. The van der Waals surface area contributed by atoms with Crippen molar-refractivity contribution in [3.8, 4) is 0 Å². The standard InChI is InChI=1S/C16H13Cl2F3N4O3S/c1-2-9-3-4-10(17)13(5-9)29(27,28)23-15(26)12-7-24-8-25(16(19,20)21)6-11(18)14(24)22-12/h3-7H,2,8H2,1H3,(H,23,26)/q+1. The monoisotopic (exact) mass is 468 g/mol. The van der Waals surface area contributed by atoms with Gasteiger partial charge in [-0.05, 0) is 24.1 Å². The van der Waals surface area contributed by atoms with Gasteiger partial charge in [0.2, 0.25) is 6.67 Å². The molecule has 2 aliphatic heterocycles. The molecule has 2 aliphatic rings. The number of halogens is 5. The summed E-state index contributed by atoms with van der Waals surface area (Å²) in [6, 6.07) is 4.37. The Labute approximate surface area is 174 Å². The van der Waals surface area contributed by atoms with Gasteiger partial charge in [-0.15, -0.1) is 13.2 Å². The van der Waals surface area contributed by atoms with Crippen molar-refractivity contribution in [1.82, 2.24) is 14.5 Å². The minimum atomic E-state index is -4.69. The molecule has 0 fully saturated rings. The number of nitrogens with zero attached hydrogens (tertiary/aromatic N) is 3. The number of hydrogen-bond donors (Lipinski definition) is 1. The van der Waals surface area contributed by atoms with E-state index in [9.17, 15) is 26.4 Å². The summed E-state index contributed by atoms with van der Waals surface area (Å²) < 4.78 is 65.6. The molecule has 1 radical (unpaired) electrons. The van der Waals surface area contributed by atoms with E-state index < -0.39 is 34.6 Å². The van der Waals surface area contributed by atoms with Crippen LogP contribution >= 0.6 is 23.2 Å². The van der Waals surface area contributed by atoms with Gasteiger partial charge in [0.05, 0.1) is 5.02 Å². The summed E-state index contributed by atoms with van der Waals surface area (Å²) in [6.45, 7) is 1.13. The van der Waals surface area contributed by atoms with E-state index in [0.29, 0.717) is 18.2 Å². The molecular weight excluding hydrogens is 456 g/mol. The van der Waals surface area contributed by atoms with E-state index in [4.69, 9.17) is 23.2 Å². The number of hydrogen-bond acceptors (Lipinski definition) is 6. The van der Waals surface area contributed by atoms with Crippen LogP contribution in [-0.4, -0.2) is 38.0 Å². The lowest BCUT2D eigenvalue weighted by Gasteiger charge is -2.25. The highest BCUT2D eigenvalue weighted by Crippen LogP contribution is 2.30. The maximum atomic E-state index is 12.9. The fourth-order valence-corrected chi connectivity index (χ4v) is 4.36. The van der Waals surface area contributed by atoms with Crippen LogP contribution in [0.4, 0.5) is 13.2 Å². The Bertz CT molecular complexity index is 1070. The molecule has 0 spiro atoms. The van der Waals surface area contributed by atoms with E-state index in [1.807, 2.05) is 11.6 Å². The Morgan fingerprint density at radius 3 is 2.66 bits per heavy atom. The Hall–Kier alpha value is -2.08. The summed E-state index contributed by atoms with van der Waals surface area (Å²) in [6.07, 6.45) is -2.52. The van der Waals surface area contributed by atoms with E-state index in [1.54, 1.807) is 6.07 Å². The van der Waals surface area contributed by atoms with Gasteiger partial charge >= 0.3 is 12.1 Å². The maximum absolute atomic E-state index is 12.9. The first kappa shape index (κ1) is 21.6. The van der Waals surface area contributed by atoms with Gasteiger partial charge in [0.15, 0.2) is 11.9 Å². The van der Waals surface area contributed by atoms with Crippen LogP contribution in [0.1, 0.15) is 12.5 Å². The number of amidine groups is 1. The van der Waals surface area contributed by atoms with Crippen molar-refractivity contribution < 1.29 is 26.4 Å². The van der Waals surface area contributed by atoms with Gasteiger partial charge in [-0.3, -0.25) is 4.79 Å². The Kier molecular flexibility index (Phi) is 5.69. The summed E-state index contributed by atoms with van der Waals surface area (Å²) in [5.41, 5.74) is 0.269. The summed E-state index contributed by atoms with van der Waals surface area (Å²) in [4.78, 5) is 16.9. The average molecular weight is 469 g/mol. The van der Waals surface area contributed by atoms with Crippen molar-refractivity contribution in [2.75, 3.05) is 6.67 Å². The van der Waals surface area contributed by atoms with Gasteiger partial charge in [-0.2, -0.15) is 4.99 Å². The van der Waals surface area contributed by atoms with Crippen molar-refractivity contribution in [3.63, 3.8) is 0 Å². The van der Waals surface area contributed by atoms with E-state index >= 15 is 0 Å². The van der Waals surface area contributed by atoms with Crippen LogP contribution in [0.3, 0.4) is 0 Å². The molecule has 1 N–H and O–H groups in total. The zero-order valence-electron chi connectivity index (χ0n) is 14.7. The molecule has 1 aromatic rings. The number of amides is 1. The topological polar surface area (TPSA) is 84.7 Å². The molecule has 0 bridgehead atoms. The highest BCUT2D eigenvalue weighted by molar-refractivity contribution is 7.90. The first-order chi connectivity index (χ1) is 13.4. The molecule has 0 saturated carbocycles. The molecule has 0 atom stereocenters. The van der Waals surface area contributed by atoms with Crippen LogP contribution in [0, 0.1) is 0 Å². The third kappa shape index (κ3) is 4.42. The van der Waals surface area contributed by atoms with Gasteiger partial charge in [0.25, 0.3) is 15.9 Å². The number of aryl methyl sites for hydroxylation is 1. The highest BCUT2D eigenvalue weighted by Gasteiger charge is 2.47. The number of sulfonamides is 1. The molecule has 7 nitrogen and oxygen atoms in total. The molecule has 3 rings (SSSR count). The number of nitrogens with one attached hydrogen (secondary N) is 1. The van der Waals surface area contributed by atoms with Crippen LogP contribution in [0.25, 0.3) is 0 Å². The Balaban J connectivity index is 1.84. The normalized spacial score (nSPS) is 17.4. The molecule has 0 saturated heterocycles. The van der Waals surface area contributed by atoms with Crippen molar-refractivity contribution in [3.05, 3.63) is 51.9 Å². The van der Waals surface area contributed by atoms with Crippen molar-refractivity contribution in [2.24, 2.45) is 4.99 Å². The van der Waals surface area contributed by atoms with Crippen LogP contribution in [0.2, 0.25) is 5.02 Å². The average Bonchev–Trinajstić information content (AvgIpc) is 3.06. The number of alkyl halides is 3. The van der Waals surface area contributed by atoms with Gasteiger partial charge in [-0.1, -0.05) is 41.1 Å². The zero-order valence-corrected chi connectivity index (χ0v) is 17.0. The third-order valence-electron chi connectivity index (χ3n) is 4.04. The fourth-order valence-electron chi connectivity index (χ4n) is 2.58. The van der Waals surface area contributed by atoms with Crippen LogP contribution in [0.5, 0.6) is 0 Å². The van der Waals surface area contributed by atoms with Crippen molar-refractivity contribution in [1.29, 1.82) is 0 Å². The lowest BCUT2D eigenvalue weighted by atomic mass is 10.2. The van der Waals surface area contributed by atoms with E-state index in [0.717, 1.165) is 11.1 Å². The Morgan fingerprint density at radius 2 is 2.03 bits per heavy atom. The summed E-state index contributed by atoms with van der Waals surface area (Å²) in [5.74, 6) is -1.23. The van der Waals surface area contributed by atoms with Gasteiger partial charge in [0.1, 0.15) is 9.93 Å². The lowest BCUT2D eigenvalue weighted by Crippen LogP contribution is -2.48. The second kappa shape index (κ2) is 7.63. The number of fused-ring (bicyclic) bond motifs is 1. The summed E-state index contributed by atoms with van der Waals surface area (Å²) >= 11 is 11.8. The smallest absolute Gasteiger partial charge is 0.266 e. The third-order valence-corrected chi connectivity index (χ3v) is 6.12. The number of carbonyl (C=O) groups is 1. The Morgan fingerprint density at radius 1 is 1.34 bits per heavy atom. The van der Waals surface area contributed by atoms with E-state index in [2.05, 4.69) is 4.99 Å². The quantitative estimate of drug-likeness (QED) is 0.543. The van der Waals surface area contributed by atoms with Crippen LogP contribution < -0.4 is 9.62 Å². The molecule has 0 aliphatic carbocycles. The second-order valence-corrected chi connectivity index (χ2v) is 8.49. The first-order valence-corrected chi connectivity index (χ1v) is 10.3. The predicted octanol–water partition coefficient (Wildman–Crippen LogP) is 2.97. The van der Waals surface area contributed by atoms with Crippen molar-refractivity contribution >= 4 is 45.0 Å². The number of carbonyl (C=O) groups excluding carboxylic acids is 1. The molecular formula is C16H13Cl2F3N4O3S+. The number of rotatable bonds is 4. The molecule has 2 heterocycles. The SMILES string of the molecule is CCc1ccc(Cl)c(S(=O)(=O)NC(=O)C2=C[N+]3CN(C(F)(F)F)C=C(Cl)C3=N2)c1. The molecule has 0 aromatic heterocycles. The maximum Gasteiger partial charge on any atom is 0.488 e. The molecule has 1 aromatic carbocycles. The number of benzene rings is 1. The molecule has 0 unspecified atom stereocenters. The molecule has 155 valence electrons. The second-order valence-electron chi connectivity index (χ2n) is 6.03. The summed E-state index contributed by atoms with van der Waals surface area (Å²) in [5, 5.41) is -0.437. The molecule has 13 heteroatoms.